The molecule has 0 aromatic carbocycles. The number of rotatable bonds is 8. The predicted octanol–water partition coefficient (Wildman–Crippen LogP) is 0.891. The molecule has 0 aliphatic rings. The number of carbonyl (C=O) groups is 2. The van der Waals surface area contributed by atoms with Gasteiger partial charge in [-0.25, -0.2) is 0 Å². The summed E-state index contributed by atoms with van der Waals surface area (Å²) in [6, 6.07) is 0. The average Bonchev–Trinajstić information content (AvgIpc) is 2.29. The summed E-state index contributed by atoms with van der Waals surface area (Å²) in [6.45, 7) is 2.44. The fourth-order valence-corrected chi connectivity index (χ4v) is 1.24. The molecule has 0 spiro atoms. The Morgan fingerprint density at radius 3 is 2.50 bits per heavy atom. The second kappa shape index (κ2) is 9.15. The second-order valence-electron chi connectivity index (χ2n) is 3.58. The van der Waals surface area contributed by atoms with Crippen LogP contribution in [0.2, 0.25) is 0 Å². The van der Waals surface area contributed by atoms with Crippen molar-refractivity contribution in [3.63, 3.8) is 0 Å². The summed E-state index contributed by atoms with van der Waals surface area (Å²) >= 11 is 0. The third kappa shape index (κ3) is 7.23. The van der Waals surface area contributed by atoms with Gasteiger partial charge in [-0.2, -0.15) is 0 Å². The van der Waals surface area contributed by atoms with E-state index in [2.05, 4.69) is 4.74 Å². The molecule has 5 nitrogen and oxygen atoms in total. The van der Waals surface area contributed by atoms with Crippen molar-refractivity contribution in [3.05, 3.63) is 0 Å². The number of hydrogen-bond donors (Lipinski definition) is 1. The van der Waals surface area contributed by atoms with E-state index in [9.17, 15) is 9.59 Å². The average molecular weight is 232 g/mol. The fraction of sp³-hybridized carbons (Fsp3) is 0.818. The van der Waals surface area contributed by atoms with Gasteiger partial charge in [0.25, 0.3) is 0 Å². The maximum Gasteiger partial charge on any atom is 0.317 e. The Kier molecular flexibility index (Phi) is 8.52. The van der Waals surface area contributed by atoms with Crippen molar-refractivity contribution in [1.29, 1.82) is 0 Å². The molecule has 0 radical (unpaired) electrons. The highest BCUT2D eigenvalue weighted by Crippen LogP contribution is 2.11. The minimum atomic E-state index is -0.589. The highest BCUT2D eigenvalue weighted by atomic mass is 16.5. The molecule has 94 valence electrons. The molecule has 5 heteroatoms. The predicted molar refractivity (Wildman–Crippen MR) is 57.7 cm³/mol. The molecule has 0 amide bonds. The third-order valence-electron chi connectivity index (χ3n) is 2.34. The maximum absolute atomic E-state index is 11.1. The molecule has 0 fully saturated rings. The van der Waals surface area contributed by atoms with E-state index < -0.39 is 11.9 Å². The Morgan fingerprint density at radius 2 is 2.00 bits per heavy atom. The molecule has 0 aliphatic carbocycles. The van der Waals surface area contributed by atoms with Crippen LogP contribution in [0.15, 0.2) is 0 Å². The van der Waals surface area contributed by atoms with Crippen molar-refractivity contribution in [2.75, 3.05) is 20.3 Å². The zero-order valence-electron chi connectivity index (χ0n) is 9.90. The van der Waals surface area contributed by atoms with Crippen molar-refractivity contribution in [3.8, 4) is 0 Å². The van der Waals surface area contributed by atoms with E-state index in [1.807, 2.05) is 6.92 Å². The normalized spacial score (nSPS) is 11.9. The van der Waals surface area contributed by atoms with Crippen LogP contribution in [0.1, 0.15) is 32.6 Å². The summed E-state index contributed by atoms with van der Waals surface area (Å²) in [7, 11) is 1.23. The van der Waals surface area contributed by atoms with E-state index in [0.29, 0.717) is 13.0 Å². The van der Waals surface area contributed by atoms with Gasteiger partial charge in [0.05, 0.1) is 13.7 Å². The molecule has 0 aliphatic heterocycles. The molecule has 0 aromatic rings. The topological polar surface area (TPSA) is 72.8 Å². The molecule has 0 saturated heterocycles. The van der Waals surface area contributed by atoms with E-state index in [-0.39, 0.29) is 18.9 Å². The summed E-state index contributed by atoms with van der Waals surface area (Å²) in [5.41, 5.74) is 0. The first-order valence-electron chi connectivity index (χ1n) is 5.47. The maximum atomic E-state index is 11.1. The standard InChI is InChI=1S/C11H20O5/c1-3-9(5-4-6-12)8-16-11(14)7-10(13)15-2/h9,12H,3-8H2,1-2H3/t9-/m0/s1. The first-order valence-corrected chi connectivity index (χ1v) is 5.47. The minimum Gasteiger partial charge on any atom is -0.469 e. The minimum absolute atomic E-state index is 0.145. The summed E-state index contributed by atoms with van der Waals surface area (Å²) in [6.07, 6.45) is 2.06. The lowest BCUT2D eigenvalue weighted by molar-refractivity contribution is -0.153. The van der Waals surface area contributed by atoms with Gasteiger partial charge in [0.15, 0.2) is 0 Å². The summed E-state index contributed by atoms with van der Waals surface area (Å²) in [4.78, 5) is 21.9. The fourth-order valence-electron chi connectivity index (χ4n) is 1.24. The number of methoxy groups -OCH3 is 1. The lowest BCUT2D eigenvalue weighted by Crippen LogP contribution is -2.17. The molecule has 1 N–H and O–H groups in total. The molecule has 0 saturated carbocycles. The third-order valence-corrected chi connectivity index (χ3v) is 2.34. The van der Waals surface area contributed by atoms with Gasteiger partial charge in [-0.3, -0.25) is 9.59 Å². The molecular weight excluding hydrogens is 212 g/mol. The van der Waals surface area contributed by atoms with E-state index in [0.717, 1.165) is 12.8 Å². The Hall–Kier alpha value is -1.10. The van der Waals surface area contributed by atoms with E-state index in [1.165, 1.54) is 7.11 Å². The first-order chi connectivity index (χ1) is 7.63. The van der Waals surface area contributed by atoms with Crippen LogP contribution in [-0.4, -0.2) is 37.4 Å². The number of ether oxygens (including phenoxy) is 2. The smallest absolute Gasteiger partial charge is 0.317 e. The van der Waals surface area contributed by atoms with Gasteiger partial charge in [-0.1, -0.05) is 13.3 Å². The lowest BCUT2D eigenvalue weighted by Gasteiger charge is -2.13. The summed E-state index contributed by atoms with van der Waals surface area (Å²) in [5, 5.41) is 8.67. The van der Waals surface area contributed by atoms with Crippen LogP contribution >= 0.6 is 0 Å². The summed E-state index contributed by atoms with van der Waals surface area (Å²) in [5.74, 6) is -0.906. The Balaban J connectivity index is 3.74. The van der Waals surface area contributed by atoms with Crippen molar-refractivity contribution < 1.29 is 24.2 Å². The zero-order valence-corrected chi connectivity index (χ0v) is 9.90. The number of hydrogen-bond acceptors (Lipinski definition) is 5. The van der Waals surface area contributed by atoms with Crippen LogP contribution in [-0.2, 0) is 19.1 Å². The van der Waals surface area contributed by atoms with Crippen LogP contribution in [0.25, 0.3) is 0 Å². The van der Waals surface area contributed by atoms with Crippen molar-refractivity contribution >= 4 is 11.9 Å². The Morgan fingerprint density at radius 1 is 1.31 bits per heavy atom. The van der Waals surface area contributed by atoms with Crippen molar-refractivity contribution in [2.24, 2.45) is 5.92 Å². The van der Waals surface area contributed by atoms with Gasteiger partial charge in [0.2, 0.25) is 0 Å². The molecule has 0 heterocycles. The molecule has 0 unspecified atom stereocenters. The van der Waals surface area contributed by atoms with Gasteiger partial charge in [-0.05, 0) is 18.8 Å². The molecule has 0 aromatic heterocycles. The Labute approximate surface area is 95.7 Å². The van der Waals surface area contributed by atoms with Crippen LogP contribution in [0.5, 0.6) is 0 Å². The Bertz CT molecular complexity index is 214. The largest absolute Gasteiger partial charge is 0.469 e. The highest BCUT2D eigenvalue weighted by molar-refractivity contribution is 5.91. The van der Waals surface area contributed by atoms with Crippen molar-refractivity contribution in [2.45, 2.75) is 32.6 Å². The number of carbonyl (C=O) groups excluding carboxylic acids is 2. The van der Waals surface area contributed by atoms with Crippen molar-refractivity contribution in [1.82, 2.24) is 0 Å². The van der Waals surface area contributed by atoms with E-state index in [1.54, 1.807) is 0 Å². The highest BCUT2D eigenvalue weighted by Gasteiger charge is 2.13. The molecule has 0 rings (SSSR count). The monoisotopic (exact) mass is 232 g/mol. The van der Waals surface area contributed by atoms with Crippen LogP contribution in [0.3, 0.4) is 0 Å². The van der Waals surface area contributed by atoms with E-state index in [4.69, 9.17) is 9.84 Å². The quantitative estimate of drug-likeness (QED) is 0.497. The summed E-state index contributed by atoms with van der Waals surface area (Å²) < 4.78 is 9.29. The van der Waals surface area contributed by atoms with Crippen LogP contribution in [0, 0.1) is 5.92 Å². The van der Waals surface area contributed by atoms with E-state index >= 15 is 0 Å². The van der Waals surface area contributed by atoms with Crippen LogP contribution in [0.4, 0.5) is 0 Å². The second-order valence-corrected chi connectivity index (χ2v) is 3.58. The number of aliphatic hydroxyl groups is 1. The van der Waals surface area contributed by atoms with Gasteiger partial charge >= 0.3 is 11.9 Å². The SMILES string of the molecule is CC[C@@H](CCCO)COC(=O)CC(=O)OC. The van der Waals surface area contributed by atoms with Gasteiger partial charge < -0.3 is 14.6 Å². The lowest BCUT2D eigenvalue weighted by atomic mass is 10.0. The first kappa shape index (κ1) is 14.9. The van der Waals surface area contributed by atoms with Gasteiger partial charge in [0.1, 0.15) is 6.42 Å². The molecule has 0 bridgehead atoms. The van der Waals surface area contributed by atoms with Gasteiger partial charge in [-0.15, -0.1) is 0 Å². The number of esters is 2. The number of aliphatic hydroxyl groups excluding tert-OH is 1. The molecular formula is C11H20O5. The van der Waals surface area contributed by atoms with Crippen LogP contribution < -0.4 is 0 Å². The molecule has 16 heavy (non-hydrogen) atoms. The zero-order chi connectivity index (χ0) is 12.4. The van der Waals surface area contributed by atoms with Gasteiger partial charge in [0, 0.05) is 6.61 Å². The molecule has 1 atom stereocenters.